The number of hydrogen-bond donors (Lipinski definition) is 3. The molecule has 0 saturated carbocycles. The second-order valence-electron chi connectivity index (χ2n) is 6.83. The lowest BCUT2D eigenvalue weighted by Crippen LogP contribution is -2.48. The summed E-state index contributed by atoms with van der Waals surface area (Å²) in [5.74, 6) is 0. The van der Waals surface area contributed by atoms with Crippen LogP contribution >= 0.6 is 0 Å². The van der Waals surface area contributed by atoms with Crippen LogP contribution in [0.2, 0.25) is 0 Å². The molecule has 3 atom stereocenters. The predicted molar refractivity (Wildman–Crippen MR) is 84.1 cm³/mol. The number of likely N-dealkylation sites (N-methyl/N-ethyl adjacent to an activating group) is 1. The number of aliphatic hydroxyl groups is 2. The number of H-pyrrole nitrogens is 1. The zero-order chi connectivity index (χ0) is 17.2. The van der Waals surface area contributed by atoms with Gasteiger partial charge in [0, 0.05) is 31.2 Å². The molecule has 1 aliphatic heterocycles. The highest BCUT2D eigenvalue weighted by molar-refractivity contribution is 5.02. The molecule has 8 heteroatoms. The van der Waals surface area contributed by atoms with Gasteiger partial charge in [0.05, 0.1) is 26.7 Å². The summed E-state index contributed by atoms with van der Waals surface area (Å²) in [5.41, 5.74) is -0.527. The highest BCUT2D eigenvalue weighted by Crippen LogP contribution is 2.28. The van der Waals surface area contributed by atoms with Crippen LogP contribution in [0.4, 0.5) is 0 Å². The molecule has 1 unspecified atom stereocenters. The van der Waals surface area contributed by atoms with Crippen LogP contribution in [-0.2, 0) is 4.74 Å². The Morgan fingerprint density at radius 2 is 2.13 bits per heavy atom. The van der Waals surface area contributed by atoms with Crippen LogP contribution in [0, 0.1) is 6.92 Å². The summed E-state index contributed by atoms with van der Waals surface area (Å²) in [6.07, 6.45) is 0.787. The molecule has 0 aromatic carbocycles. The third kappa shape index (κ3) is 4.29. The Labute approximate surface area is 134 Å². The number of hydrogen-bond acceptors (Lipinski definition) is 5. The maximum atomic E-state index is 11.9. The summed E-state index contributed by atoms with van der Waals surface area (Å²) in [4.78, 5) is 25.6. The monoisotopic (exact) mass is 328 g/mol. The molecule has 0 radical (unpaired) electrons. The summed E-state index contributed by atoms with van der Waals surface area (Å²) in [5, 5.41) is 19.2. The Morgan fingerprint density at radius 1 is 1.43 bits per heavy atom. The van der Waals surface area contributed by atoms with Crippen LogP contribution in [-0.4, -0.2) is 70.2 Å². The number of nitrogens with one attached hydrogen (secondary N) is 1. The third-order valence-electron chi connectivity index (χ3n) is 4.26. The molecule has 1 aromatic heterocycles. The van der Waals surface area contributed by atoms with Crippen molar-refractivity contribution < 1.29 is 19.4 Å². The Balaban J connectivity index is 2.11. The van der Waals surface area contributed by atoms with Gasteiger partial charge >= 0.3 is 5.69 Å². The molecule has 0 spiro atoms. The Morgan fingerprint density at radius 3 is 2.78 bits per heavy atom. The topological polar surface area (TPSA) is 105 Å². The third-order valence-corrected chi connectivity index (χ3v) is 4.26. The van der Waals surface area contributed by atoms with Crippen molar-refractivity contribution in [2.75, 3.05) is 33.8 Å². The summed E-state index contributed by atoms with van der Waals surface area (Å²) >= 11 is 0. The van der Waals surface area contributed by atoms with Crippen molar-refractivity contribution >= 4 is 0 Å². The van der Waals surface area contributed by atoms with E-state index >= 15 is 0 Å². The fourth-order valence-corrected chi connectivity index (χ4v) is 2.93. The molecule has 2 rings (SSSR count). The first-order valence-corrected chi connectivity index (χ1v) is 7.82. The molecule has 0 bridgehead atoms. The fraction of sp³-hybridized carbons (Fsp3) is 0.733. The average molecular weight is 328 g/mol. The Kier molecular flexibility index (Phi) is 5.41. The second-order valence-corrected chi connectivity index (χ2v) is 6.83. The number of nitrogens with zero attached hydrogens (tertiary/aromatic N) is 2. The van der Waals surface area contributed by atoms with Crippen molar-refractivity contribution in [2.24, 2.45) is 0 Å². The quantitative estimate of drug-likeness (QED) is 0.578. The molecule has 0 amide bonds. The van der Waals surface area contributed by atoms with E-state index in [-0.39, 0.29) is 6.61 Å². The molecular formula is C15H26N3O5+. The molecule has 23 heavy (non-hydrogen) atoms. The van der Waals surface area contributed by atoms with Crippen LogP contribution in [0.15, 0.2) is 15.8 Å². The van der Waals surface area contributed by atoms with Gasteiger partial charge in [-0.25, -0.2) is 4.79 Å². The number of aryl methyl sites for hydroxylation is 1. The van der Waals surface area contributed by atoms with Gasteiger partial charge in [0.25, 0.3) is 5.56 Å². The smallest absolute Gasteiger partial charge is 0.330 e. The van der Waals surface area contributed by atoms with Gasteiger partial charge in [-0.05, 0) is 6.92 Å². The minimum Gasteiger partial charge on any atom is -0.396 e. The summed E-state index contributed by atoms with van der Waals surface area (Å²) in [6.45, 7) is 3.09. The lowest BCUT2D eigenvalue weighted by Gasteiger charge is -2.32. The number of quaternary nitrogens is 1. The summed E-state index contributed by atoms with van der Waals surface area (Å²) in [6, 6.07) is 0. The second kappa shape index (κ2) is 6.96. The van der Waals surface area contributed by atoms with Crippen molar-refractivity contribution in [3.05, 3.63) is 32.6 Å². The van der Waals surface area contributed by atoms with E-state index in [1.165, 1.54) is 10.8 Å². The normalized spacial score (nSPS) is 25.0. The van der Waals surface area contributed by atoms with Gasteiger partial charge in [-0.2, -0.15) is 0 Å². The predicted octanol–water partition coefficient (Wildman–Crippen LogP) is -1.05. The minimum atomic E-state index is -0.675. The fourth-order valence-electron chi connectivity index (χ4n) is 2.93. The molecule has 3 N–H and O–H groups in total. The highest BCUT2D eigenvalue weighted by atomic mass is 16.5. The first kappa shape index (κ1) is 17.9. The number of aliphatic hydroxyl groups excluding tert-OH is 2. The first-order valence-electron chi connectivity index (χ1n) is 7.82. The van der Waals surface area contributed by atoms with Crippen molar-refractivity contribution in [1.29, 1.82) is 0 Å². The minimum absolute atomic E-state index is 0.129. The Bertz CT molecular complexity index is 651. The molecular weight excluding hydrogens is 302 g/mol. The van der Waals surface area contributed by atoms with E-state index in [2.05, 4.69) is 4.98 Å². The van der Waals surface area contributed by atoms with Gasteiger partial charge in [0.2, 0.25) is 0 Å². The van der Waals surface area contributed by atoms with E-state index in [1.54, 1.807) is 6.92 Å². The molecule has 0 aliphatic carbocycles. The van der Waals surface area contributed by atoms with Crippen LogP contribution < -0.4 is 11.2 Å². The van der Waals surface area contributed by atoms with Crippen molar-refractivity contribution in [1.82, 2.24) is 9.55 Å². The number of ether oxygens (including phenoxy) is 1. The maximum Gasteiger partial charge on any atom is 0.330 e. The van der Waals surface area contributed by atoms with Gasteiger partial charge in [0.1, 0.15) is 18.9 Å². The van der Waals surface area contributed by atoms with Crippen LogP contribution in [0.25, 0.3) is 0 Å². The van der Waals surface area contributed by atoms with Crippen LogP contribution in [0.1, 0.15) is 24.6 Å². The van der Waals surface area contributed by atoms with E-state index in [4.69, 9.17) is 9.84 Å². The zero-order valence-corrected chi connectivity index (χ0v) is 13.9. The van der Waals surface area contributed by atoms with E-state index < -0.39 is 29.7 Å². The molecule has 130 valence electrons. The Hall–Kier alpha value is -1.48. The van der Waals surface area contributed by atoms with Crippen LogP contribution in [0.5, 0.6) is 0 Å². The summed E-state index contributed by atoms with van der Waals surface area (Å²) < 4.78 is 7.80. The molecule has 1 saturated heterocycles. The first-order chi connectivity index (χ1) is 10.7. The lowest BCUT2D eigenvalue weighted by molar-refractivity contribution is -0.894. The molecule has 1 aromatic rings. The highest BCUT2D eigenvalue weighted by Gasteiger charge is 2.39. The molecule has 1 fully saturated rings. The van der Waals surface area contributed by atoms with Gasteiger partial charge in [-0.3, -0.25) is 14.3 Å². The van der Waals surface area contributed by atoms with Crippen molar-refractivity contribution in [3.63, 3.8) is 0 Å². The standard InChI is InChI=1S/C15H25N3O5/c1-10-8-17(15(22)16-14(10)21)13-7-11(20)12(23-13)9-18(2,3)5-4-6-19/h8,11-13,19-20H,4-7,9H2,1-3H3/p+1/t11?,12-,13-/m1/s1. The van der Waals surface area contributed by atoms with Crippen LogP contribution in [0.3, 0.4) is 0 Å². The van der Waals surface area contributed by atoms with E-state index in [1.807, 2.05) is 14.1 Å². The van der Waals surface area contributed by atoms with E-state index in [9.17, 15) is 14.7 Å². The van der Waals surface area contributed by atoms with Gasteiger partial charge in [-0.15, -0.1) is 0 Å². The van der Waals surface area contributed by atoms with Gasteiger partial charge in [-0.1, -0.05) is 0 Å². The lowest BCUT2D eigenvalue weighted by atomic mass is 10.1. The van der Waals surface area contributed by atoms with E-state index in [0.29, 0.717) is 29.4 Å². The molecule has 2 heterocycles. The van der Waals surface area contributed by atoms with Crippen molar-refractivity contribution in [2.45, 2.75) is 38.2 Å². The van der Waals surface area contributed by atoms with Crippen molar-refractivity contribution in [3.8, 4) is 0 Å². The summed E-state index contributed by atoms with van der Waals surface area (Å²) in [7, 11) is 4.02. The maximum absolute atomic E-state index is 11.9. The number of aromatic amines is 1. The van der Waals surface area contributed by atoms with E-state index in [0.717, 1.165) is 6.54 Å². The average Bonchev–Trinajstić information content (AvgIpc) is 2.81. The number of aromatic nitrogens is 2. The largest absolute Gasteiger partial charge is 0.396 e. The number of rotatable bonds is 6. The molecule has 1 aliphatic rings. The van der Waals surface area contributed by atoms with Gasteiger partial charge in [0.15, 0.2) is 0 Å². The zero-order valence-electron chi connectivity index (χ0n) is 13.9. The molecule has 8 nitrogen and oxygen atoms in total. The van der Waals surface area contributed by atoms with Gasteiger partial charge < -0.3 is 19.4 Å². The SMILES string of the molecule is Cc1cn([C@H]2CC(O)[C@@H](C[N+](C)(C)CCCO)O2)c(=O)[nH]c1=O.